The number of nitrogens with zero attached hydrogens (tertiary/aromatic N) is 3. The second kappa shape index (κ2) is 6.99. The Bertz CT molecular complexity index is 960. The maximum Gasteiger partial charge on any atom is 0.161 e. The molecule has 0 aromatic carbocycles. The summed E-state index contributed by atoms with van der Waals surface area (Å²) in [6.45, 7) is 2.94. The van der Waals surface area contributed by atoms with Gasteiger partial charge in [-0.25, -0.2) is 24.4 Å². The Hall–Kier alpha value is -2.35. The Kier molecular flexibility index (Phi) is 5.03. The number of imidazole rings is 1. The SMILES string of the molecule is COc1cc(OCS(C)(C)C)cnc1-c1nc2cc(C(C)(C)F)ncc2[nH]1. The van der Waals surface area contributed by atoms with Crippen LogP contribution in [0.25, 0.3) is 22.6 Å². The van der Waals surface area contributed by atoms with Gasteiger partial charge in [0.05, 0.1) is 36.2 Å². The largest absolute Gasteiger partial charge is 0.494 e. The molecule has 146 valence electrons. The molecule has 0 saturated carbocycles. The van der Waals surface area contributed by atoms with Crippen molar-refractivity contribution in [3.05, 3.63) is 30.2 Å². The number of hydrogen-bond acceptors (Lipinski definition) is 5. The number of pyridine rings is 2. The van der Waals surface area contributed by atoms with Crippen molar-refractivity contribution < 1.29 is 13.9 Å². The first-order valence-corrected chi connectivity index (χ1v) is 11.5. The van der Waals surface area contributed by atoms with Crippen molar-refractivity contribution in [2.75, 3.05) is 31.8 Å². The van der Waals surface area contributed by atoms with E-state index in [0.29, 0.717) is 45.7 Å². The summed E-state index contributed by atoms with van der Waals surface area (Å²) < 4.78 is 25.5. The summed E-state index contributed by atoms with van der Waals surface area (Å²) in [4.78, 5) is 16.3. The van der Waals surface area contributed by atoms with Gasteiger partial charge in [0.1, 0.15) is 23.1 Å². The predicted octanol–water partition coefficient (Wildman–Crippen LogP) is 4.26. The van der Waals surface area contributed by atoms with Crippen LogP contribution in [0.3, 0.4) is 0 Å². The van der Waals surface area contributed by atoms with Crippen LogP contribution in [0.5, 0.6) is 11.5 Å². The molecule has 0 spiro atoms. The van der Waals surface area contributed by atoms with Gasteiger partial charge in [-0.2, -0.15) is 0 Å². The molecule has 0 amide bonds. The summed E-state index contributed by atoms with van der Waals surface area (Å²) in [6.07, 6.45) is 9.79. The van der Waals surface area contributed by atoms with Crippen LogP contribution in [0.15, 0.2) is 24.5 Å². The first kappa shape index (κ1) is 19.4. The minimum Gasteiger partial charge on any atom is -0.494 e. The van der Waals surface area contributed by atoms with E-state index in [1.165, 1.54) is 13.8 Å². The predicted molar refractivity (Wildman–Crippen MR) is 109 cm³/mol. The highest BCUT2D eigenvalue weighted by Crippen LogP contribution is 2.36. The third-order valence-electron chi connectivity index (χ3n) is 3.83. The number of aromatic amines is 1. The third-order valence-corrected chi connectivity index (χ3v) is 4.65. The number of alkyl halides is 1. The Morgan fingerprint density at radius 3 is 2.52 bits per heavy atom. The van der Waals surface area contributed by atoms with E-state index in [-0.39, 0.29) is 0 Å². The van der Waals surface area contributed by atoms with Gasteiger partial charge in [-0.15, -0.1) is 0 Å². The smallest absolute Gasteiger partial charge is 0.161 e. The van der Waals surface area contributed by atoms with Crippen LogP contribution in [-0.4, -0.2) is 51.8 Å². The first-order chi connectivity index (χ1) is 12.6. The van der Waals surface area contributed by atoms with Crippen LogP contribution in [0, 0.1) is 0 Å². The lowest BCUT2D eigenvalue weighted by atomic mass is 10.1. The highest BCUT2D eigenvalue weighted by molar-refractivity contribution is 8.32. The second-order valence-electron chi connectivity index (χ2n) is 7.72. The summed E-state index contributed by atoms with van der Waals surface area (Å²) in [6, 6.07) is 3.44. The number of H-pyrrole nitrogens is 1. The molecule has 1 N–H and O–H groups in total. The minimum absolute atomic E-state index is 0.335. The topological polar surface area (TPSA) is 72.9 Å². The Balaban J connectivity index is 1.95. The molecular weight excluding hydrogens is 367 g/mol. The molecule has 0 atom stereocenters. The van der Waals surface area contributed by atoms with Crippen molar-refractivity contribution in [2.45, 2.75) is 19.5 Å². The maximum atomic E-state index is 14.2. The van der Waals surface area contributed by atoms with Crippen LogP contribution < -0.4 is 9.47 Å². The zero-order chi connectivity index (χ0) is 19.8. The summed E-state index contributed by atoms with van der Waals surface area (Å²) in [5.74, 6) is 2.38. The van der Waals surface area contributed by atoms with Gasteiger partial charge in [-0.1, -0.05) is 0 Å². The van der Waals surface area contributed by atoms with Crippen LogP contribution >= 0.6 is 10.0 Å². The molecule has 0 saturated heterocycles. The maximum absolute atomic E-state index is 14.2. The highest BCUT2D eigenvalue weighted by Gasteiger charge is 2.22. The fourth-order valence-corrected chi connectivity index (χ4v) is 2.92. The van der Waals surface area contributed by atoms with Crippen molar-refractivity contribution in [1.82, 2.24) is 19.9 Å². The quantitative estimate of drug-likeness (QED) is 0.678. The van der Waals surface area contributed by atoms with E-state index in [4.69, 9.17) is 9.47 Å². The van der Waals surface area contributed by atoms with Gasteiger partial charge in [0.2, 0.25) is 0 Å². The molecule has 8 heteroatoms. The third kappa shape index (κ3) is 4.50. The minimum atomic E-state index is -1.53. The van der Waals surface area contributed by atoms with Crippen molar-refractivity contribution in [1.29, 1.82) is 0 Å². The van der Waals surface area contributed by atoms with E-state index in [9.17, 15) is 4.39 Å². The number of ether oxygens (including phenoxy) is 2. The second-order valence-corrected chi connectivity index (χ2v) is 12.1. The fraction of sp³-hybridized carbons (Fsp3) is 0.421. The van der Waals surface area contributed by atoms with E-state index < -0.39 is 15.7 Å². The van der Waals surface area contributed by atoms with Gasteiger partial charge >= 0.3 is 0 Å². The number of rotatable bonds is 6. The standard InChI is InChI=1S/C19H25FN4O2S/c1-19(2,20)16-8-13-14(10-21-16)24-18(23-13)17-15(25-3)7-12(9-22-17)26-11-27(4,5)6/h7-10H,11H2,1-6H3,(H,23,24). The molecule has 0 aliphatic carbocycles. The number of aromatic nitrogens is 4. The summed E-state index contributed by atoms with van der Waals surface area (Å²) in [5, 5.41) is 0. The van der Waals surface area contributed by atoms with Crippen molar-refractivity contribution >= 4 is 21.1 Å². The van der Waals surface area contributed by atoms with E-state index in [1.807, 2.05) is 0 Å². The van der Waals surface area contributed by atoms with E-state index in [0.717, 1.165) is 0 Å². The van der Waals surface area contributed by atoms with Gasteiger partial charge in [0.25, 0.3) is 0 Å². The van der Waals surface area contributed by atoms with Crippen molar-refractivity contribution in [3.63, 3.8) is 0 Å². The van der Waals surface area contributed by atoms with E-state index in [1.54, 1.807) is 31.6 Å². The average Bonchev–Trinajstić information content (AvgIpc) is 3.01. The van der Waals surface area contributed by atoms with Crippen LogP contribution in [0.2, 0.25) is 0 Å². The summed E-state index contributed by atoms with van der Waals surface area (Å²) in [5.41, 5.74) is 0.698. The molecule has 3 aromatic rings. The van der Waals surface area contributed by atoms with E-state index in [2.05, 4.69) is 38.7 Å². The number of nitrogens with one attached hydrogen (secondary N) is 1. The molecule has 0 aliphatic heterocycles. The first-order valence-electron chi connectivity index (χ1n) is 8.45. The number of hydrogen-bond donors (Lipinski definition) is 1. The van der Waals surface area contributed by atoms with Crippen LogP contribution in [0.1, 0.15) is 19.5 Å². The lowest BCUT2D eigenvalue weighted by Crippen LogP contribution is -2.10. The lowest BCUT2D eigenvalue weighted by molar-refractivity contribution is 0.214. The van der Waals surface area contributed by atoms with Crippen LogP contribution in [0.4, 0.5) is 4.39 Å². The molecule has 0 unspecified atom stereocenters. The molecule has 3 aromatic heterocycles. The number of fused-ring (bicyclic) bond motifs is 1. The highest BCUT2D eigenvalue weighted by atomic mass is 32.3. The van der Waals surface area contributed by atoms with Gasteiger partial charge in [-0.3, -0.25) is 4.98 Å². The molecule has 3 rings (SSSR count). The normalized spacial score (nSPS) is 13.0. The summed E-state index contributed by atoms with van der Waals surface area (Å²) >= 11 is 0. The lowest BCUT2D eigenvalue weighted by Gasteiger charge is -2.24. The molecule has 0 aliphatic rings. The van der Waals surface area contributed by atoms with Crippen molar-refractivity contribution in [3.8, 4) is 23.0 Å². The van der Waals surface area contributed by atoms with Gasteiger partial charge < -0.3 is 14.5 Å². The van der Waals surface area contributed by atoms with E-state index >= 15 is 0 Å². The zero-order valence-corrected chi connectivity index (χ0v) is 17.3. The van der Waals surface area contributed by atoms with Gasteiger partial charge in [0, 0.05) is 6.07 Å². The molecule has 0 bridgehead atoms. The Morgan fingerprint density at radius 2 is 1.89 bits per heavy atom. The molecule has 6 nitrogen and oxygen atoms in total. The van der Waals surface area contributed by atoms with Gasteiger partial charge in [0.15, 0.2) is 11.6 Å². The molecule has 0 radical (unpaired) electrons. The molecule has 3 heterocycles. The zero-order valence-electron chi connectivity index (χ0n) is 16.5. The van der Waals surface area contributed by atoms with Crippen molar-refractivity contribution in [2.24, 2.45) is 0 Å². The molecule has 0 fully saturated rings. The fourth-order valence-electron chi connectivity index (χ4n) is 2.43. The average molecular weight is 393 g/mol. The number of halogens is 1. The van der Waals surface area contributed by atoms with Crippen LogP contribution in [-0.2, 0) is 5.67 Å². The van der Waals surface area contributed by atoms with Gasteiger partial charge in [-0.05, 0) is 38.7 Å². The Morgan fingerprint density at radius 1 is 1.15 bits per heavy atom. The number of methoxy groups -OCH3 is 1. The molecule has 27 heavy (non-hydrogen) atoms. The molecular formula is C19H25FN4O2S. The Labute approximate surface area is 159 Å². The monoisotopic (exact) mass is 392 g/mol. The summed E-state index contributed by atoms with van der Waals surface area (Å²) in [7, 11) is 0.792.